The Morgan fingerprint density at radius 3 is 2.33 bits per heavy atom. The smallest absolute Gasteiger partial charge is 0.264 e. The van der Waals surface area contributed by atoms with E-state index in [1.54, 1.807) is 49.6 Å². The van der Waals surface area contributed by atoms with Gasteiger partial charge in [0.1, 0.15) is 11.8 Å². The van der Waals surface area contributed by atoms with Crippen LogP contribution < -0.4 is 15.4 Å². The van der Waals surface area contributed by atoms with Crippen molar-refractivity contribution in [3.05, 3.63) is 53.6 Å². The number of imide groups is 2. The second kappa shape index (κ2) is 8.77. The first-order chi connectivity index (χ1) is 14.5. The largest absolute Gasteiger partial charge is 0.497 e. The third-order valence-electron chi connectivity index (χ3n) is 4.84. The molecule has 2 aromatic carbocycles. The third-order valence-corrected chi connectivity index (χ3v) is 4.84. The monoisotopic (exact) mass is 409 g/mol. The van der Waals surface area contributed by atoms with Gasteiger partial charge >= 0.3 is 0 Å². The van der Waals surface area contributed by atoms with Gasteiger partial charge in [-0.2, -0.15) is 0 Å². The number of rotatable bonds is 4. The number of fused-ring (bicyclic) bond motifs is 1. The first kappa shape index (κ1) is 21.0. The summed E-state index contributed by atoms with van der Waals surface area (Å²) in [6.07, 6.45) is 0.206. The normalized spacial score (nSPS) is 17.7. The molecule has 2 heterocycles. The van der Waals surface area contributed by atoms with E-state index < -0.39 is 29.7 Å². The van der Waals surface area contributed by atoms with Crippen molar-refractivity contribution < 1.29 is 23.9 Å². The standard InChI is InChI=1S/C20H17N3O5.C2H6/c1-28-12-7-5-11(6-8-12)21-14-4-2-3-13-17(14)20(27)23(19(13)26)15-9-10-16(24)22-18(15)25;1-2/h2-8,15,21H,9-10H2,1H3,(H,22,24,25);1-2H3. The number of hydrogen-bond acceptors (Lipinski definition) is 6. The summed E-state index contributed by atoms with van der Waals surface area (Å²) in [6.45, 7) is 4.00. The van der Waals surface area contributed by atoms with Gasteiger partial charge in [0, 0.05) is 12.1 Å². The highest BCUT2D eigenvalue weighted by Crippen LogP contribution is 2.34. The molecule has 0 radical (unpaired) electrons. The van der Waals surface area contributed by atoms with Crippen molar-refractivity contribution in [2.45, 2.75) is 32.7 Å². The summed E-state index contributed by atoms with van der Waals surface area (Å²) in [6, 6.07) is 11.1. The number of nitrogens with zero attached hydrogens (tertiary/aromatic N) is 1. The first-order valence-electron chi connectivity index (χ1n) is 9.75. The van der Waals surface area contributed by atoms with Crippen molar-refractivity contribution in [3.63, 3.8) is 0 Å². The minimum atomic E-state index is -0.987. The maximum Gasteiger partial charge on any atom is 0.264 e. The molecule has 1 unspecified atom stereocenters. The fourth-order valence-electron chi connectivity index (χ4n) is 3.45. The number of carbonyl (C=O) groups excluding carboxylic acids is 4. The van der Waals surface area contributed by atoms with Gasteiger partial charge in [0.15, 0.2) is 0 Å². The minimum absolute atomic E-state index is 0.0841. The highest BCUT2D eigenvalue weighted by molar-refractivity contribution is 6.25. The van der Waals surface area contributed by atoms with Crippen LogP contribution in [0.1, 0.15) is 47.4 Å². The topological polar surface area (TPSA) is 105 Å². The molecule has 8 heteroatoms. The average molecular weight is 409 g/mol. The average Bonchev–Trinajstić information content (AvgIpc) is 3.01. The molecule has 8 nitrogen and oxygen atoms in total. The zero-order valence-corrected chi connectivity index (χ0v) is 17.0. The fourth-order valence-corrected chi connectivity index (χ4v) is 3.45. The molecule has 2 aliphatic heterocycles. The number of ether oxygens (including phenoxy) is 1. The van der Waals surface area contributed by atoms with Gasteiger partial charge in [-0.25, -0.2) is 0 Å². The predicted molar refractivity (Wildman–Crippen MR) is 111 cm³/mol. The van der Waals surface area contributed by atoms with Crippen LogP contribution in [-0.2, 0) is 9.59 Å². The number of carbonyl (C=O) groups is 4. The minimum Gasteiger partial charge on any atom is -0.497 e. The van der Waals surface area contributed by atoms with Gasteiger partial charge < -0.3 is 10.1 Å². The van der Waals surface area contributed by atoms with E-state index in [2.05, 4.69) is 10.6 Å². The molecule has 4 rings (SSSR count). The van der Waals surface area contributed by atoms with Crippen molar-refractivity contribution in [1.29, 1.82) is 0 Å². The maximum atomic E-state index is 13.0. The molecule has 1 atom stereocenters. The number of piperidine rings is 1. The lowest BCUT2D eigenvalue weighted by atomic mass is 10.0. The van der Waals surface area contributed by atoms with E-state index in [9.17, 15) is 19.2 Å². The Balaban J connectivity index is 0.00000124. The molecule has 2 N–H and O–H groups in total. The number of benzene rings is 2. The molecule has 0 aliphatic carbocycles. The summed E-state index contributed by atoms with van der Waals surface area (Å²) in [5, 5.41) is 5.33. The van der Waals surface area contributed by atoms with Crippen LogP contribution in [0.4, 0.5) is 11.4 Å². The van der Waals surface area contributed by atoms with Crippen LogP contribution >= 0.6 is 0 Å². The Morgan fingerprint density at radius 1 is 1.00 bits per heavy atom. The van der Waals surface area contributed by atoms with Crippen molar-refractivity contribution in [2.75, 3.05) is 12.4 Å². The van der Waals surface area contributed by atoms with Gasteiger partial charge in [0.25, 0.3) is 11.8 Å². The molecule has 0 saturated carbocycles. The van der Waals surface area contributed by atoms with Crippen LogP contribution in [0.25, 0.3) is 0 Å². The van der Waals surface area contributed by atoms with E-state index in [-0.39, 0.29) is 24.0 Å². The van der Waals surface area contributed by atoms with Crippen LogP contribution in [0.2, 0.25) is 0 Å². The number of nitrogens with one attached hydrogen (secondary N) is 2. The third kappa shape index (κ3) is 3.76. The van der Waals surface area contributed by atoms with Crippen LogP contribution in [0, 0.1) is 0 Å². The Morgan fingerprint density at radius 2 is 1.70 bits per heavy atom. The molecular weight excluding hydrogens is 386 g/mol. The lowest BCUT2D eigenvalue weighted by molar-refractivity contribution is -0.136. The zero-order chi connectivity index (χ0) is 21.8. The van der Waals surface area contributed by atoms with Crippen molar-refractivity contribution in [2.24, 2.45) is 0 Å². The number of hydrogen-bond donors (Lipinski definition) is 2. The Bertz CT molecular complexity index is 1000. The SMILES string of the molecule is CC.COc1ccc(Nc2cccc3c2C(=O)N(C2CCC(=O)NC2=O)C3=O)cc1. The number of anilines is 2. The molecule has 0 bridgehead atoms. The molecule has 2 aliphatic rings. The zero-order valence-electron chi connectivity index (χ0n) is 17.0. The Labute approximate surface area is 174 Å². The molecule has 156 valence electrons. The van der Waals surface area contributed by atoms with Gasteiger partial charge in [0.2, 0.25) is 11.8 Å². The number of amides is 4. The van der Waals surface area contributed by atoms with Gasteiger partial charge in [-0.1, -0.05) is 19.9 Å². The van der Waals surface area contributed by atoms with Gasteiger partial charge in [-0.15, -0.1) is 0 Å². The summed E-state index contributed by atoms with van der Waals surface area (Å²) in [5.41, 5.74) is 1.63. The quantitative estimate of drug-likeness (QED) is 0.753. The van der Waals surface area contributed by atoms with E-state index in [1.165, 1.54) is 0 Å². The van der Waals surface area contributed by atoms with E-state index in [4.69, 9.17) is 4.74 Å². The van der Waals surface area contributed by atoms with Crippen molar-refractivity contribution in [3.8, 4) is 5.75 Å². The molecule has 30 heavy (non-hydrogen) atoms. The lowest BCUT2D eigenvalue weighted by Crippen LogP contribution is -2.54. The molecule has 0 aromatic heterocycles. The molecule has 0 spiro atoms. The molecule has 1 fully saturated rings. The molecular formula is C22H23N3O5. The van der Waals surface area contributed by atoms with Gasteiger partial charge in [0.05, 0.1) is 23.9 Å². The van der Waals surface area contributed by atoms with Crippen LogP contribution in [0.3, 0.4) is 0 Å². The Hall–Kier alpha value is -3.68. The summed E-state index contributed by atoms with van der Waals surface area (Å²) in [4.78, 5) is 50.3. The highest BCUT2D eigenvalue weighted by atomic mass is 16.5. The van der Waals surface area contributed by atoms with Gasteiger partial charge in [-0.05, 0) is 42.8 Å². The lowest BCUT2D eigenvalue weighted by Gasteiger charge is -2.27. The molecule has 4 amide bonds. The summed E-state index contributed by atoms with van der Waals surface area (Å²) in [7, 11) is 1.57. The molecule has 1 saturated heterocycles. The summed E-state index contributed by atoms with van der Waals surface area (Å²) >= 11 is 0. The Kier molecular flexibility index (Phi) is 6.15. The first-order valence-corrected chi connectivity index (χ1v) is 9.75. The van der Waals surface area contributed by atoms with Crippen LogP contribution in [0.5, 0.6) is 5.75 Å². The van der Waals surface area contributed by atoms with Gasteiger partial charge in [-0.3, -0.25) is 29.4 Å². The summed E-state index contributed by atoms with van der Waals surface area (Å²) in [5.74, 6) is -1.42. The second-order valence-electron chi connectivity index (χ2n) is 6.53. The van der Waals surface area contributed by atoms with Crippen LogP contribution in [0.15, 0.2) is 42.5 Å². The summed E-state index contributed by atoms with van der Waals surface area (Å²) < 4.78 is 5.13. The van der Waals surface area contributed by atoms with Crippen molar-refractivity contribution in [1.82, 2.24) is 10.2 Å². The maximum absolute atomic E-state index is 13.0. The van der Waals surface area contributed by atoms with Crippen LogP contribution in [-0.4, -0.2) is 41.7 Å². The van der Waals surface area contributed by atoms with E-state index in [0.29, 0.717) is 17.1 Å². The number of methoxy groups -OCH3 is 1. The van der Waals surface area contributed by atoms with Crippen molar-refractivity contribution >= 4 is 35.0 Å². The highest BCUT2D eigenvalue weighted by Gasteiger charge is 2.45. The fraction of sp³-hybridized carbons (Fsp3) is 0.273. The molecule has 2 aromatic rings. The van der Waals surface area contributed by atoms with E-state index >= 15 is 0 Å². The second-order valence-corrected chi connectivity index (χ2v) is 6.53. The predicted octanol–water partition coefficient (Wildman–Crippen LogP) is 2.87. The van der Waals surface area contributed by atoms with E-state index in [1.807, 2.05) is 13.8 Å². The van der Waals surface area contributed by atoms with E-state index in [0.717, 1.165) is 4.90 Å².